The summed E-state index contributed by atoms with van der Waals surface area (Å²) in [4.78, 5) is 57.1. The summed E-state index contributed by atoms with van der Waals surface area (Å²) in [6.45, 7) is 11.3. The van der Waals surface area contributed by atoms with Crippen molar-refractivity contribution in [2.75, 3.05) is 13.2 Å². The van der Waals surface area contributed by atoms with Gasteiger partial charge in [-0.2, -0.15) is 0 Å². The fraction of sp³-hybridized carbons (Fsp3) is 0.278. The molecule has 0 aromatic carbocycles. The summed E-state index contributed by atoms with van der Waals surface area (Å²) in [5.74, 6) is -3.97. The highest BCUT2D eigenvalue weighted by Gasteiger charge is 2.39. The summed E-state index contributed by atoms with van der Waals surface area (Å²) in [7, 11) is 0. The minimum absolute atomic E-state index is 0.672. The molecule has 0 saturated carbocycles. The van der Waals surface area contributed by atoms with Gasteiger partial charge < -0.3 is 28.8 Å². The molecule has 0 aromatic rings. The summed E-state index contributed by atoms with van der Waals surface area (Å²) in [5.41, 5.74) is 0. The summed E-state index contributed by atoms with van der Waals surface area (Å²) in [6.07, 6.45) is -3.45. The molecule has 3 atom stereocenters. The Morgan fingerprint density at radius 1 is 0.655 bits per heavy atom. The Morgan fingerprint density at radius 2 is 1.03 bits per heavy atom. The molecule has 0 fully saturated rings. The van der Waals surface area contributed by atoms with E-state index in [1.165, 1.54) is 0 Å². The van der Waals surface area contributed by atoms with Gasteiger partial charge in [0.15, 0.2) is 18.3 Å². The highest BCUT2D eigenvalue weighted by Crippen LogP contribution is 2.16. The molecule has 0 aromatic heterocycles. The predicted molar refractivity (Wildman–Crippen MR) is 95.4 cm³/mol. The molecule has 0 heterocycles. The summed E-state index contributed by atoms with van der Waals surface area (Å²) in [5, 5.41) is 8.71. The van der Waals surface area contributed by atoms with Gasteiger partial charge >= 0.3 is 30.0 Å². The molecule has 0 rings (SSSR count). The minimum Gasteiger partial charge on any atom is -0.458 e. The minimum atomic E-state index is -1.73. The van der Waals surface area contributed by atoms with Crippen molar-refractivity contribution in [2.45, 2.75) is 18.3 Å². The first-order valence-electron chi connectivity index (χ1n) is 7.82. The maximum Gasteiger partial charge on any atom is 0.505 e. The van der Waals surface area contributed by atoms with Crippen LogP contribution in [-0.2, 0) is 42.9 Å². The van der Waals surface area contributed by atoms with Crippen LogP contribution in [0.3, 0.4) is 0 Å². The lowest BCUT2D eigenvalue weighted by Gasteiger charge is -2.31. The number of hydrogen-bond donors (Lipinski definition) is 1. The van der Waals surface area contributed by atoms with Crippen LogP contribution in [0.5, 0.6) is 0 Å². The Labute approximate surface area is 165 Å². The molecule has 11 nitrogen and oxygen atoms in total. The Hall–Kier alpha value is -3.89. The van der Waals surface area contributed by atoms with Crippen molar-refractivity contribution in [1.29, 1.82) is 0 Å². The van der Waals surface area contributed by atoms with Gasteiger partial charge in [-0.25, -0.2) is 24.0 Å². The van der Waals surface area contributed by atoms with Gasteiger partial charge in [0.05, 0.1) is 0 Å². The lowest BCUT2D eigenvalue weighted by Crippen LogP contribution is -2.49. The van der Waals surface area contributed by atoms with Crippen LogP contribution < -0.4 is 0 Å². The molecule has 11 heteroatoms. The molecule has 29 heavy (non-hydrogen) atoms. The topological polar surface area (TPSA) is 152 Å². The second kappa shape index (κ2) is 13.3. The number of carboxylic acid groups (broad SMARTS) is 1. The van der Waals surface area contributed by atoms with E-state index in [1.807, 2.05) is 0 Å². The second-order valence-electron chi connectivity index (χ2n) is 4.88. The highest BCUT2D eigenvalue weighted by atomic mass is 16.7. The zero-order chi connectivity index (χ0) is 22.4. The first-order chi connectivity index (χ1) is 13.7. The fourth-order valence-corrected chi connectivity index (χ4v) is 1.74. The van der Waals surface area contributed by atoms with E-state index in [4.69, 9.17) is 24.1 Å². The van der Waals surface area contributed by atoms with Crippen LogP contribution in [0.25, 0.3) is 0 Å². The largest absolute Gasteiger partial charge is 0.505 e. The van der Waals surface area contributed by atoms with Crippen molar-refractivity contribution in [1.82, 2.24) is 0 Å². The number of rotatable bonds is 13. The highest BCUT2D eigenvalue weighted by molar-refractivity contribution is 5.83. The number of carbonyl (C=O) groups is 5. The molecular formula is C18H20O11. The summed E-state index contributed by atoms with van der Waals surface area (Å²) < 4.78 is 24.2. The summed E-state index contributed by atoms with van der Waals surface area (Å²) in [6, 6.07) is 0. The molecular weight excluding hydrogens is 392 g/mol. The van der Waals surface area contributed by atoms with Gasteiger partial charge in [-0.3, -0.25) is 0 Å². The molecule has 0 saturated heterocycles. The van der Waals surface area contributed by atoms with Crippen LogP contribution in [0.2, 0.25) is 0 Å². The maximum absolute atomic E-state index is 11.7. The van der Waals surface area contributed by atoms with Crippen LogP contribution >= 0.6 is 0 Å². The maximum atomic E-state index is 11.7. The van der Waals surface area contributed by atoms with Crippen molar-refractivity contribution in [3.8, 4) is 0 Å². The van der Waals surface area contributed by atoms with Crippen molar-refractivity contribution in [3.05, 3.63) is 50.6 Å². The third kappa shape index (κ3) is 10.1. The Morgan fingerprint density at radius 3 is 1.41 bits per heavy atom. The van der Waals surface area contributed by atoms with Crippen LogP contribution in [0.15, 0.2) is 50.6 Å². The third-order valence-electron chi connectivity index (χ3n) is 2.95. The lowest BCUT2D eigenvalue weighted by atomic mass is 10.1. The van der Waals surface area contributed by atoms with Crippen molar-refractivity contribution in [3.63, 3.8) is 0 Å². The molecule has 1 N–H and O–H groups in total. The van der Waals surface area contributed by atoms with E-state index in [1.54, 1.807) is 0 Å². The molecule has 0 radical (unpaired) electrons. The standard InChI is InChI=1S/C18H20O11/c1-5-13(19)25-9-11(27-14(20)6-2)17(29-16(22)8-4)12(10-26-18(23)24)28-15(21)7-3/h5-8,11-12,17H,1-4,9-10H2,(H,23,24). The lowest BCUT2D eigenvalue weighted by molar-refractivity contribution is -0.188. The normalized spacial score (nSPS) is 12.7. The number of carbonyl (C=O) groups excluding carboxylic acids is 4. The number of hydrogen-bond acceptors (Lipinski definition) is 10. The van der Waals surface area contributed by atoms with Crippen molar-refractivity contribution < 1.29 is 52.8 Å². The Balaban J connectivity index is 5.96. The van der Waals surface area contributed by atoms with Gasteiger partial charge in [0, 0.05) is 24.3 Å². The van der Waals surface area contributed by atoms with Gasteiger partial charge in [0.25, 0.3) is 0 Å². The molecule has 0 spiro atoms. The fourth-order valence-electron chi connectivity index (χ4n) is 1.74. The van der Waals surface area contributed by atoms with E-state index in [0.29, 0.717) is 0 Å². The van der Waals surface area contributed by atoms with Crippen LogP contribution in [0, 0.1) is 0 Å². The quantitative estimate of drug-likeness (QED) is 0.258. The number of esters is 4. The van der Waals surface area contributed by atoms with Gasteiger partial charge in [0.1, 0.15) is 13.2 Å². The van der Waals surface area contributed by atoms with Crippen molar-refractivity contribution in [2.24, 2.45) is 0 Å². The average molecular weight is 412 g/mol. The first-order valence-corrected chi connectivity index (χ1v) is 7.82. The predicted octanol–water partition coefficient (Wildman–Crippen LogP) is 0.704. The molecule has 0 aliphatic rings. The molecule has 0 aliphatic carbocycles. The van der Waals surface area contributed by atoms with Gasteiger partial charge in [-0.1, -0.05) is 26.3 Å². The van der Waals surface area contributed by atoms with E-state index in [2.05, 4.69) is 31.1 Å². The zero-order valence-corrected chi connectivity index (χ0v) is 15.3. The van der Waals surface area contributed by atoms with Gasteiger partial charge in [-0.05, 0) is 0 Å². The van der Waals surface area contributed by atoms with Crippen LogP contribution in [0.1, 0.15) is 0 Å². The van der Waals surface area contributed by atoms with E-state index < -0.39 is 61.6 Å². The van der Waals surface area contributed by atoms with Crippen molar-refractivity contribution >= 4 is 30.0 Å². The van der Waals surface area contributed by atoms with E-state index in [-0.39, 0.29) is 0 Å². The first kappa shape index (κ1) is 25.1. The van der Waals surface area contributed by atoms with E-state index in [9.17, 15) is 24.0 Å². The smallest absolute Gasteiger partial charge is 0.458 e. The molecule has 0 amide bonds. The SMILES string of the molecule is C=CC(=O)OCC(OC(=O)C=C)C(OC(=O)C=C)C(COC(=O)O)OC(=O)C=C. The van der Waals surface area contributed by atoms with E-state index in [0.717, 1.165) is 24.3 Å². The third-order valence-corrected chi connectivity index (χ3v) is 2.95. The monoisotopic (exact) mass is 412 g/mol. The summed E-state index contributed by atoms with van der Waals surface area (Å²) >= 11 is 0. The second-order valence-corrected chi connectivity index (χ2v) is 4.88. The van der Waals surface area contributed by atoms with Gasteiger partial charge in [0.2, 0.25) is 0 Å². The van der Waals surface area contributed by atoms with Crippen LogP contribution in [0.4, 0.5) is 4.79 Å². The molecule has 3 unspecified atom stereocenters. The Bertz CT molecular complexity index is 679. The average Bonchev–Trinajstić information content (AvgIpc) is 2.71. The molecule has 0 bridgehead atoms. The van der Waals surface area contributed by atoms with Gasteiger partial charge in [-0.15, -0.1) is 0 Å². The molecule has 158 valence electrons. The molecule has 0 aliphatic heterocycles. The van der Waals surface area contributed by atoms with E-state index >= 15 is 0 Å². The Kier molecular flexibility index (Phi) is 11.5. The zero-order valence-electron chi connectivity index (χ0n) is 15.3. The van der Waals surface area contributed by atoms with Crippen LogP contribution in [-0.4, -0.2) is 66.7 Å². The number of ether oxygens (including phenoxy) is 5.